The minimum Gasteiger partial charge on any atom is -0.311 e. The summed E-state index contributed by atoms with van der Waals surface area (Å²) in [7, 11) is 1.95. The van der Waals surface area contributed by atoms with Crippen molar-refractivity contribution in [2.75, 3.05) is 13.1 Å². The van der Waals surface area contributed by atoms with E-state index in [2.05, 4.69) is 40.6 Å². The van der Waals surface area contributed by atoms with E-state index in [0.717, 1.165) is 31.2 Å². The molecule has 1 atom stereocenters. The molecule has 1 aliphatic carbocycles. The molecule has 1 saturated carbocycles. The molecule has 3 rings (SSSR count). The first kappa shape index (κ1) is 15.0. The highest BCUT2D eigenvalue weighted by atomic mass is 15.4. The smallest absolute Gasteiger partial charge is 0.0967 e. The molecule has 2 fully saturated rings. The van der Waals surface area contributed by atoms with Gasteiger partial charge in [0.05, 0.1) is 5.69 Å². The van der Waals surface area contributed by atoms with Crippen LogP contribution in [0.15, 0.2) is 6.20 Å². The van der Waals surface area contributed by atoms with Crippen molar-refractivity contribution in [3.8, 4) is 0 Å². The lowest BCUT2D eigenvalue weighted by atomic mass is 9.89. The quantitative estimate of drug-likeness (QED) is 0.921. The number of hydrogen-bond donors (Lipinski definition) is 1. The van der Waals surface area contributed by atoms with Crippen molar-refractivity contribution in [3.05, 3.63) is 11.9 Å². The molecule has 1 unspecified atom stereocenters. The molecule has 2 aliphatic rings. The third-order valence-corrected chi connectivity index (χ3v) is 5.12. The van der Waals surface area contributed by atoms with Gasteiger partial charge in [0.2, 0.25) is 0 Å². The Balaban J connectivity index is 1.73. The third kappa shape index (κ3) is 3.29. The first-order valence-corrected chi connectivity index (χ1v) is 8.41. The van der Waals surface area contributed by atoms with Crippen LogP contribution >= 0.6 is 0 Å². The van der Waals surface area contributed by atoms with Crippen molar-refractivity contribution in [3.63, 3.8) is 0 Å². The molecular formula is C16H29N5. The Morgan fingerprint density at radius 3 is 2.76 bits per heavy atom. The van der Waals surface area contributed by atoms with Crippen LogP contribution in [-0.4, -0.2) is 44.6 Å². The molecule has 2 heterocycles. The molecule has 1 aromatic rings. The van der Waals surface area contributed by atoms with E-state index in [1.165, 1.54) is 32.1 Å². The summed E-state index contributed by atoms with van der Waals surface area (Å²) >= 11 is 0. The van der Waals surface area contributed by atoms with Crippen LogP contribution in [0.3, 0.4) is 0 Å². The van der Waals surface area contributed by atoms with Crippen LogP contribution in [0.1, 0.15) is 51.6 Å². The Morgan fingerprint density at radius 1 is 1.38 bits per heavy atom. The zero-order valence-electron chi connectivity index (χ0n) is 13.7. The second-order valence-electron chi connectivity index (χ2n) is 7.40. The van der Waals surface area contributed by atoms with Crippen molar-refractivity contribution in [2.45, 2.75) is 64.1 Å². The highest BCUT2D eigenvalue weighted by Gasteiger charge is 2.43. The van der Waals surface area contributed by atoms with E-state index in [4.69, 9.17) is 0 Å². The third-order valence-electron chi connectivity index (χ3n) is 5.12. The molecule has 5 nitrogen and oxygen atoms in total. The summed E-state index contributed by atoms with van der Waals surface area (Å²) in [4.78, 5) is 2.70. The van der Waals surface area contributed by atoms with Crippen LogP contribution in [0, 0.1) is 5.92 Å². The Bertz CT molecular complexity index is 461. The lowest BCUT2D eigenvalue weighted by Gasteiger charge is -2.48. The first-order chi connectivity index (χ1) is 10.1. The van der Waals surface area contributed by atoms with Gasteiger partial charge in [0.1, 0.15) is 0 Å². The van der Waals surface area contributed by atoms with Crippen molar-refractivity contribution in [2.24, 2.45) is 13.0 Å². The van der Waals surface area contributed by atoms with Crippen LogP contribution in [0.5, 0.6) is 0 Å². The van der Waals surface area contributed by atoms with Crippen LogP contribution in [0.2, 0.25) is 0 Å². The van der Waals surface area contributed by atoms with Gasteiger partial charge in [0.25, 0.3) is 0 Å². The molecule has 1 aromatic heterocycles. The summed E-state index contributed by atoms with van der Waals surface area (Å²) in [6.45, 7) is 7.87. The standard InChI is InChI=1S/C16H29N5/c1-13(2)8-14-10-21(11-15-9-20(3)19-18-15)16(12-17-14)6-4-5-7-16/h9,13-14,17H,4-8,10-12H2,1-3H3. The highest BCUT2D eigenvalue weighted by molar-refractivity contribution is 5.04. The second-order valence-corrected chi connectivity index (χ2v) is 7.40. The minimum atomic E-state index is 0.366. The Hall–Kier alpha value is -0.940. The molecule has 0 aromatic carbocycles. The van der Waals surface area contributed by atoms with Crippen molar-refractivity contribution in [1.82, 2.24) is 25.2 Å². The predicted molar refractivity (Wildman–Crippen MR) is 83.9 cm³/mol. The fourth-order valence-electron chi connectivity index (χ4n) is 4.12. The Kier molecular flexibility index (Phi) is 4.31. The zero-order chi connectivity index (χ0) is 14.9. The van der Waals surface area contributed by atoms with E-state index in [9.17, 15) is 0 Å². The summed E-state index contributed by atoms with van der Waals surface area (Å²) in [5.74, 6) is 0.749. The topological polar surface area (TPSA) is 46.0 Å². The SMILES string of the molecule is CC(C)CC1CN(Cc2cn(C)nn2)C2(CCCC2)CN1. The maximum Gasteiger partial charge on any atom is 0.0967 e. The van der Waals surface area contributed by atoms with E-state index < -0.39 is 0 Å². The predicted octanol–water partition coefficient (Wildman–Crippen LogP) is 1.95. The molecule has 21 heavy (non-hydrogen) atoms. The van der Waals surface area contributed by atoms with Crippen LogP contribution in [0.25, 0.3) is 0 Å². The van der Waals surface area contributed by atoms with Gasteiger partial charge in [-0.05, 0) is 25.2 Å². The Morgan fingerprint density at radius 2 is 2.14 bits per heavy atom. The van der Waals surface area contributed by atoms with Crippen LogP contribution in [0.4, 0.5) is 0 Å². The molecular weight excluding hydrogens is 262 g/mol. The van der Waals surface area contributed by atoms with E-state index in [0.29, 0.717) is 11.6 Å². The summed E-state index contributed by atoms with van der Waals surface area (Å²) < 4.78 is 1.81. The number of hydrogen-bond acceptors (Lipinski definition) is 4. The normalized spacial score (nSPS) is 26.0. The largest absolute Gasteiger partial charge is 0.311 e. The average molecular weight is 291 g/mol. The van der Waals surface area contributed by atoms with Crippen LogP contribution in [-0.2, 0) is 13.6 Å². The van der Waals surface area contributed by atoms with Crippen molar-refractivity contribution >= 4 is 0 Å². The lowest BCUT2D eigenvalue weighted by Crippen LogP contribution is -2.63. The molecule has 5 heteroatoms. The molecule has 0 radical (unpaired) electrons. The monoisotopic (exact) mass is 291 g/mol. The van der Waals surface area contributed by atoms with E-state index >= 15 is 0 Å². The van der Waals surface area contributed by atoms with Gasteiger partial charge < -0.3 is 5.32 Å². The van der Waals surface area contributed by atoms with Gasteiger partial charge in [0.15, 0.2) is 0 Å². The van der Waals surface area contributed by atoms with Crippen molar-refractivity contribution in [1.29, 1.82) is 0 Å². The lowest BCUT2D eigenvalue weighted by molar-refractivity contribution is 0.0304. The fraction of sp³-hybridized carbons (Fsp3) is 0.875. The number of aryl methyl sites for hydroxylation is 1. The number of aromatic nitrogens is 3. The van der Waals surface area contributed by atoms with Gasteiger partial charge in [-0.15, -0.1) is 5.10 Å². The maximum absolute atomic E-state index is 4.30. The van der Waals surface area contributed by atoms with Crippen LogP contribution < -0.4 is 5.32 Å². The van der Waals surface area contributed by atoms with Gasteiger partial charge in [0, 0.05) is 44.5 Å². The van der Waals surface area contributed by atoms with E-state index in [-0.39, 0.29) is 0 Å². The number of nitrogens with one attached hydrogen (secondary N) is 1. The zero-order valence-corrected chi connectivity index (χ0v) is 13.7. The minimum absolute atomic E-state index is 0.366. The molecule has 1 N–H and O–H groups in total. The summed E-state index contributed by atoms with van der Waals surface area (Å²) in [6.07, 6.45) is 8.71. The highest BCUT2D eigenvalue weighted by Crippen LogP contribution is 2.38. The molecule has 0 bridgehead atoms. The van der Waals surface area contributed by atoms with Gasteiger partial charge in [-0.25, -0.2) is 0 Å². The molecule has 1 spiro atoms. The fourth-order valence-corrected chi connectivity index (χ4v) is 4.12. The maximum atomic E-state index is 4.30. The summed E-state index contributed by atoms with van der Waals surface area (Å²) in [6, 6.07) is 0.618. The second kappa shape index (κ2) is 6.05. The van der Waals surface area contributed by atoms with Gasteiger partial charge in [-0.3, -0.25) is 9.58 Å². The van der Waals surface area contributed by atoms with E-state index in [1.54, 1.807) is 0 Å². The molecule has 0 amide bonds. The Labute approximate surface area is 128 Å². The number of piperazine rings is 1. The number of nitrogens with zero attached hydrogens (tertiary/aromatic N) is 4. The van der Waals surface area contributed by atoms with Gasteiger partial charge >= 0.3 is 0 Å². The first-order valence-electron chi connectivity index (χ1n) is 8.41. The molecule has 118 valence electrons. The van der Waals surface area contributed by atoms with E-state index in [1.807, 2.05) is 11.7 Å². The van der Waals surface area contributed by atoms with Gasteiger partial charge in [-0.2, -0.15) is 0 Å². The molecule has 1 saturated heterocycles. The number of rotatable bonds is 4. The summed E-state index contributed by atoms with van der Waals surface area (Å²) in [5.41, 5.74) is 1.47. The summed E-state index contributed by atoms with van der Waals surface area (Å²) in [5, 5.41) is 12.2. The van der Waals surface area contributed by atoms with Gasteiger partial charge in [-0.1, -0.05) is 31.9 Å². The van der Waals surface area contributed by atoms with Crippen molar-refractivity contribution < 1.29 is 0 Å². The molecule has 1 aliphatic heterocycles. The average Bonchev–Trinajstić information content (AvgIpc) is 3.04.